The van der Waals surface area contributed by atoms with Gasteiger partial charge in [-0.05, 0) is 24.8 Å². The minimum absolute atomic E-state index is 0.597. The van der Waals surface area contributed by atoms with Gasteiger partial charge >= 0.3 is 0 Å². The Bertz CT molecular complexity index is 945. The molecular formula is C18H16N4OS. The van der Waals surface area contributed by atoms with Crippen LogP contribution in [0.15, 0.2) is 52.6 Å². The van der Waals surface area contributed by atoms with Crippen molar-refractivity contribution in [3.63, 3.8) is 0 Å². The third-order valence-electron chi connectivity index (χ3n) is 3.83. The second kappa shape index (κ2) is 6.41. The van der Waals surface area contributed by atoms with E-state index in [1.54, 1.807) is 17.7 Å². The minimum Gasteiger partial charge on any atom is -0.366 e. The zero-order chi connectivity index (χ0) is 16.4. The molecule has 0 aliphatic rings. The molecular weight excluding hydrogens is 320 g/mol. The van der Waals surface area contributed by atoms with Crippen molar-refractivity contribution in [2.45, 2.75) is 13.3 Å². The first-order valence-corrected chi connectivity index (χ1v) is 8.63. The maximum Gasteiger partial charge on any atom is 0.228 e. The smallest absolute Gasteiger partial charge is 0.228 e. The van der Waals surface area contributed by atoms with E-state index in [0.717, 1.165) is 29.7 Å². The molecule has 0 aliphatic carbocycles. The molecule has 0 bridgehead atoms. The van der Waals surface area contributed by atoms with Gasteiger partial charge in [-0.2, -0.15) is 0 Å². The lowest BCUT2D eigenvalue weighted by atomic mass is 10.1. The molecule has 1 aromatic carbocycles. The molecule has 0 radical (unpaired) electrons. The summed E-state index contributed by atoms with van der Waals surface area (Å²) in [5, 5.41) is 9.61. The van der Waals surface area contributed by atoms with E-state index in [-0.39, 0.29) is 0 Å². The van der Waals surface area contributed by atoms with Gasteiger partial charge in [0.1, 0.15) is 17.5 Å². The normalized spacial score (nSPS) is 11.0. The first-order valence-electron chi connectivity index (χ1n) is 7.75. The third kappa shape index (κ3) is 2.88. The molecule has 0 unspecified atom stereocenters. The number of nitrogens with zero attached hydrogens (tertiary/aromatic N) is 3. The van der Waals surface area contributed by atoms with E-state index >= 15 is 0 Å². The molecule has 3 aromatic heterocycles. The summed E-state index contributed by atoms with van der Waals surface area (Å²) < 4.78 is 5.52. The molecule has 120 valence electrons. The molecule has 0 atom stereocenters. The number of nitrogens with one attached hydrogen (secondary N) is 1. The predicted octanol–water partition coefficient (Wildman–Crippen LogP) is 4.31. The van der Waals surface area contributed by atoms with Crippen LogP contribution in [0.3, 0.4) is 0 Å². The SMILES string of the molecule is Cc1ccc(-c2noc3c(NCCc4cccs4)ncnc23)cc1. The first-order chi connectivity index (χ1) is 11.8. The van der Waals surface area contributed by atoms with E-state index < -0.39 is 0 Å². The van der Waals surface area contributed by atoms with Crippen LogP contribution in [0, 0.1) is 6.92 Å². The number of hydrogen-bond acceptors (Lipinski definition) is 6. The van der Waals surface area contributed by atoms with Crippen LogP contribution in [-0.4, -0.2) is 21.7 Å². The Kier molecular flexibility index (Phi) is 3.96. The van der Waals surface area contributed by atoms with Gasteiger partial charge in [0, 0.05) is 17.0 Å². The Morgan fingerprint density at radius 3 is 2.79 bits per heavy atom. The molecule has 0 spiro atoms. The van der Waals surface area contributed by atoms with E-state index in [9.17, 15) is 0 Å². The lowest BCUT2D eigenvalue weighted by Gasteiger charge is -2.04. The Hall–Kier alpha value is -2.73. The number of rotatable bonds is 5. The highest BCUT2D eigenvalue weighted by molar-refractivity contribution is 7.09. The van der Waals surface area contributed by atoms with Gasteiger partial charge in [-0.1, -0.05) is 41.1 Å². The van der Waals surface area contributed by atoms with Crippen molar-refractivity contribution in [3.8, 4) is 11.3 Å². The summed E-state index contributed by atoms with van der Waals surface area (Å²) in [6.07, 6.45) is 2.49. The number of aromatic nitrogens is 3. The molecule has 0 fully saturated rings. The maximum atomic E-state index is 5.52. The number of fused-ring (bicyclic) bond motifs is 1. The minimum atomic E-state index is 0.597. The van der Waals surface area contributed by atoms with Gasteiger partial charge in [0.25, 0.3) is 0 Å². The number of anilines is 1. The van der Waals surface area contributed by atoms with E-state index in [4.69, 9.17) is 4.52 Å². The summed E-state index contributed by atoms with van der Waals surface area (Å²) in [7, 11) is 0. The molecule has 0 aliphatic heterocycles. The average molecular weight is 336 g/mol. The number of benzene rings is 1. The monoisotopic (exact) mass is 336 g/mol. The molecule has 4 rings (SSSR count). The largest absolute Gasteiger partial charge is 0.366 e. The van der Waals surface area contributed by atoms with Crippen molar-refractivity contribution < 1.29 is 4.52 Å². The zero-order valence-electron chi connectivity index (χ0n) is 13.2. The number of hydrogen-bond donors (Lipinski definition) is 1. The van der Waals surface area contributed by atoms with Crippen molar-refractivity contribution in [1.29, 1.82) is 0 Å². The van der Waals surface area contributed by atoms with Gasteiger partial charge in [0.15, 0.2) is 5.82 Å². The summed E-state index contributed by atoms with van der Waals surface area (Å²) in [6, 6.07) is 12.4. The average Bonchev–Trinajstić information content (AvgIpc) is 3.25. The molecule has 0 amide bonds. The summed E-state index contributed by atoms with van der Waals surface area (Å²) in [5.74, 6) is 0.683. The highest BCUT2D eigenvalue weighted by atomic mass is 32.1. The molecule has 5 nitrogen and oxygen atoms in total. The van der Waals surface area contributed by atoms with Crippen LogP contribution in [0.25, 0.3) is 22.4 Å². The molecule has 0 saturated carbocycles. The zero-order valence-corrected chi connectivity index (χ0v) is 14.0. The van der Waals surface area contributed by atoms with Crippen LogP contribution in [0.5, 0.6) is 0 Å². The van der Waals surface area contributed by atoms with Crippen LogP contribution < -0.4 is 5.32 Å². The Balaban J connectivity index is 1.60. The van der Waals surface area contributed by atoms with Crippen molar-refractivity contribution in [2.75, 3.05) is 11.9 Å². The van der Waals surface area contributed by atoms with E-state index in [1.165, 1.54) is 10.4 Å². The first kappa shape index (κ1) is 14.8. The highest BCUT2D eigenvalue weighted by Gasteiger charge is 2.15. The Morgan fingerprint density at radius 2 is 2.00 bits per heavy atom. The predicted molar refractivity (Wildman–Crippen MR) is 96.3 cm³/mol. The van der Waals surface area contributed by atoms with E-state index in [2.05, 4.69) is 57.0 Å². The third-order valence-corrected chi connectivity index (χ3v) is 4.76. The van der Waals surface area contributed by atoms with Crippen molar-refractivity contribution in [3.05, 3.63) is 58.5 Å². The summed E-state index contributed by atoms with van der Waals surface area (Å²) in [4.78, 5) is 9.99. The summed E-state index contributed by atoms with van der Waals surface area (Å²) >= 11 is 1.76. The van der Waals surface area contributed by atoms with Crippen LogP contribution in [0.1, 0.15) is 10.4 Å². The van der Waals surface area contributed by atoms with E-state index in [1.807, 2.05) is 12.1 Å². The summed E-state index contributed by atoms with van der Waals surface area (Å²) in [5.41, 5.74) is 4.26. The lowest BCUT2D eigenvalue weighted by Crippen LogP contribution is -2.05. The highest BCUT2D eigenvalue weighted by Crippen LogP contribution is 2.29. The van der Waals surface area contributed by atoms with Gasteiger partial charge in [0.2, 0.25) is 5.58 Å². The van der Waals surface area contributed by atoms with Crippen molar-refractivity contribution >= 4 is 28.3 Å². The van der Waals surface area contributed by atoms with E-state index in [0.29, 0.717) is 11.4 Å². The molecule has 0 saturated heterocycles. The quantitative estimate of drug-likeness (QED) is 0.588. The number of thiophene rings is 1. The molecule has 1 N–H and O–H groups in total. The van der Waals surface area contributed by atoms with Gasteiger partial charge in [0.05, 0.1) is 0 Å². The Labute approximate surface area is 143 Å². The standard InChI is InChI=1S/C18H16N4OS/c1-12-4-6-13(7-5-12)15-16-17(23-22-15)18(21-11-20-16)19-9-8-14-3-2-10-24-14/h2-7,10-11H,8-9H2,1H3,(H,19,20,21). The van der Waals surface area contributed by atoms with Gasteiger partial charge < -0.3 is 9.84 Å². The number of aryl methyl sites for hydroxylation is 1. The fourth-order valence-corrected chi connectivity index (χ4v) is 3.26. The van der Waals surface area contributed by atoms with Crippen molar-refractivity contribution in [1.82, 2.24) is 15.1 Å². The van der Waals surface area contributed by atoms with Crippen LogP contribution >= 0.6 is 11.3 Å². The molecule has 4 aromatic rings. The fraction of sp³-hybridized carbons (Fsp3) is 0.167. The molecule has 3 heterocycles. The molecule has 6 heteroatoms. The van der Waals surface area contributed by atoms with Crippen LogP contribution in [0.2, 0.25) is 0 Å². The van der Waals surface area contributed by atoms with Crippen molar-refractivity contribution in [2.24, 2.45) is 0 Å². The molecule has 24 heavy (non-hydrogen) atoms. The van der Waals surface area contributed by atoms with Gasteiger partial charge in [-0.25, -0.2) is 9.97 Å². The maximum absolute atomic E-state index is 5.52. The topological polar surface area (TPSA) is 63.8 Å². The van der Waals surface area contributed by atoms with Crippen LogP contribution in [-0.2, 0) is 6.42 Å². The van der Waals surface area contributed by atoms with Gasteiger partial charge in [-0.15, -0.1) is 11.3 Å². The summed E-state index contributed by atoms with van der Waals surface area (Å²) in [6.45, 7) is 2.84. The fourth-order valence-electron chi connectivity index (χ4n) is 2.55. The van der Waals surface area contributed by atoms with Gasteiger partial charge in [-0.3, -0.25) is 0 Å². The second-order valence-electron chi connectivity index (χ2n) is 5.55. The lowest BCUT2D eigenvalue weighted by molar-refractivity contribution is 0.459. The van der Waals surface area contributed by atoms with Crippen LogP contribution in [0.4, 0.5) is 5.82 Å². The Morgan fingerprint density at radius 1 is 1.12 bits per heavy atom. The second-order valence-corrected chi connectivity index (χ2v) is 6.59.